The number of hydrogen-bond acceptors (Lipinski definition) is 4. The molecule has 0 aromatic carbocycles. The second-order valence-electron chi connectivity index (χ2n) is 2.66. The average Bonchev–Trinajstić information content (AvgIpc) is 2.15. The number of aromatic amines is 1. The maximum atomic E-state index is 11.3. The van der Waals surface area contributed by atoms with Gasteiger partial charge in [0, 0.05) is 19.6 Å². The van der Waals surface area contributed by atoms with E-state index in [9.17, 15) is 9.59 Å². The lowest BCUT2D eigenvalue weighted by Crippen LogP contribution is -2.35. The third kappa shape index (κ3) is 1.87. The highest BCUT2D eigenvalue weighted by molar-refractivity contribution is 6.31. The van der Waals surface area contributed by atoms with Crippen LogP contribution in [0.2, 0.25) is 5.02 Å². The van der Waals surface area contributed by atoms with Crippen LogP contribution in [0.4, 0.5) is 0 Å². The maximum Gasteiger partial charge on any atom is 0.328 e. The van der Waals surface area contributed by atoms with Crippen molar-refractivity contribution in [3.8, 4) is 0 Å². The molecule has 0 aliphatic heterocycles. The molecule has 0 radical (unpaired) electrons. The fourth-order valence-corrected chi connectivity index (χ4v) is 1.38. The molecule has 0 fully saturated rings. The molecular weight excluding hydrogens is 208 g/mol. The molecule has 0 aliphatic rings. The summed E-state index contributed by atoms with van der Waals surface area (Å²) in [6, 6.07) is 0. The molecule has 0 aliphatic carbocycles. The largest absolute Gasteiger partial charge is 0.329 e. The molecule has 1 aromatic rings. The van der Waals surface area contributed by atoms with Gasteiger partial charge in [-0.2, -0.15) is 0 Å². The van der Waals surface area contributed by atoms with Crippen LogP contribution in [0.1, 0.15) is 5.69 Å². The monoisotopic (exact) mass is 218 g/mol. The van der Waals surface area contributed by atoms with Crippen LogP contribution in [-0.2, 0) is 13.1 Å². The van der Waals surface area contributed by atoms with Gasteiger partial charge in [-0.15, -0.1) is 0 Å². The van der Waals surface area contributed by atoms with Gasteiger partial charge in [-0.1, -0.05) is 11.6 Å². The second kappa shape index (κ2) is 4.41. The van der Waals surface area contributed by atoms with Gasteiger partial charge < -0.3 is 11.5 Å². The van der Waals surface area contributed by atoms with Gasteiger partial charge in [0.2, 0.25) is 0 Å². The summed E-state index contributed by atoms with van der Waals surface area (Å²) in [6.07, 6.45) is 0. The minimum absolute atomic E-state index is 0.0258. The van der Waals surface area contributed by atoms with Crippen molar-refractivity contribution < 1.29 is 0 Å². The molecule has 1 aromatic heterocycles. The highest BCUT2D eigenvalue weighted by Crippen LogP contribution is 2.06. The number of halogens is 1. The first-order chi connectivity index (χ1) is 6.61. The lowest BCUT2D eigenvalue weighted by Gasteiger charge is -2.10. The number of rotatable bonds is 3. The van der Waals surface area contributed by atoms with Crippen molar-refractivity contribution in [2.75, 3.05) is 6.54 Å². The Labute approximate surface area is 84.5 Å². The molecule has 6 nitrogen and oxygen atoms in total. The molecule has 0 amide bonds. The predicted molar refractivity (Wildman–Crippen MR) is 53.3 cm³/mol. The van der Waals surface area contributed by atoms with E-state index < -0.39 is 11.2 Å². The van der Waals surface area contributed by atoms with Crippen molar-refractivity contribution >= 4 is 11.6 Å². The van der Waals surface area contributed by atoms with Crippen molar-refractivity contribution in [3.63, 3.8) is 0 Å². The molecule has 0 atom stereocenters. The lowest BCUT2D eigenvalue weighted by molar-refractivity contribution is 0.618. The molecule has 0 unspecified atom stereocenters. The number of nitrogens with zero attached hydrogens (tertiary/aromatic N) is 1. The third-order valence-electron chi connectivity index (χ3n) is 1.79. The first-order valence-corrected chi connectivity index (χ1v) is 4.41. The third-order valence-corrected chi connectivity index (χ3v) is 2.18. The molecule has 7 heteroatoms. The van der Waals surface area contributed by atoms with E-state index in [1.165, 1.54) is 4.57 Å². The van der Waals surface area contributed by atoms with E-state index in [1.54, 1.807) is 0 Å². The molecule has 5 N–H and O–H groups in total. The van der Waals surface area contributed by atoms with Gasteiger partial charge >= 0.3 is 5.69 Å². The Kier molecular flexibility index (Phi) is 3.45. The minimum atomic E-state index is -0.620. The van der Waals surface area contributed by atoms with Gasteiger partial charge in [0.25, 0.3) is 5.56 Å². The maximum absolute atomic E-state index is 11.3. The van der Waals surface area contributed by atoms with Gasteiger partial charge in [-0.3, -0.25) is 14.3 Å². The van der Waals surface area contributed by atoms with Crippen molar-refractivity contribution in [1.29, 1.82) is 0 Å². The van der Waals surface area contributed by atoms with Crippen LogP contribution in [0.3, 0.4) is 0 Å². The van der Waals surface area contributed by atoms with Crippen molar-refractivity contribution in [1.82, 2.24) is 9.55 Å². The summed E-state index contributed by atoms with van der Waals surface area (Å²) < 4.78 is 1.27. The Bertz CT molecular complexity index is 436. The minimum Gasteiger partial charge on any atom is -0.329 e. The summed E-state index contributed by atoms with van der Waals surface area (Å²) in [5.41, 5.74) is 9.84. The smallest absolute Gasteiger partial charge is 0.328 e. The van der Waals surface area contributed by atoms with Crippen molar-refractivity contribution in [2.45, 2.75) is 13.1 Å². The topological polar surface area (TPSA) is 107 Å². The van der Waals surface area contributed by atoms with Crippen LogP contribution in [0, 0.1) is 0 Å². The number of hydrogen-bond donors (Lipinski definition) is 3. The van der Waals surface area contributed by atoms with Gasteiger partial charge in [0.05, 0.1) is 5.69 Å². The summed E-state index contributed by atoms with van der Waals surface area (Å²) in [5, 5.41) is -0.0550. The lowest BCUT2D eigenvalue weighted by atomic mass is 10.4. The summed E-state index contributed by atoms with van der Waals surface area (Å²) >= 11 is 5.68. The van der Waals surface area contributed by atoms with Crippen LogP contribution in [0.15, 0.2) is 9.59 Å². The van der Waals surface area contributed by atoms with E-state index in [0.29, 0.717) is 5.69 Å². The summed E-state index contributed by atoms with van der Waals surface area (Å²) in [5.74, 6) is 0. The number of nitrogens with two attached hydrogens (primary N) is 2. The van der Waals surface area contributed by atoms with Gasteiger partial charge in [-0.05, 0) is 0 Å². The molecule has 0 saturated carbocycles. The predicted octanol–water partition coefficient (Wildman–Crippen LogP) is -1.39. The summed E-state index contributed by atoms with van der Waals surface area (Å²) in [4.78, 5) is 24.5. The first-order valence-electron chi connectivity index (χ1n) is 4.03. The Balaban J connectivity index is 3.47. The summed E-state index contributed by atoms with van der Waals surface area (Å²) in [6.45, 7) is 0.579. The van der Waals surface area contributed by atoms with E-state index in [0.717, 1.165) is 0 Å². The first kappa shape index (κ1) is 11.0. The highest BCUT2D eigenvalue weighted by atomic mass is 35.5. The van der Waals surface area contributed by atoms with E-state index in [1.807, 2.05) is 0 Å². The highest BCUT2D eigenvalue weighted by Gasteiger charge is 2.10. The zero-order valence-corrected chi connectivity index (χ0v) is 8.17. The van der Waals surface area contributed by atoms with E-state index in [2.05, 4.69) is 4.98 Å². The molecule has 0 saturated heterocycles. The molecule has 1 heterocycles. The molecule has 78 valence electrons. The Morgan fingerprint density at radius 3 is 2.50 bits per heavy atom. The zero-order valence-electron chi connectivity index (χ0n) is 7.42. The standard InChI is InChI=1S/C7H11ClN4O2/c8-5-4(3-10)12(2-1-9)7(14)11-6(5)13/h1-3,9-10H2,(H,11,13,14). The quantitative estimate of drug-likeness (QED) is 0.581. The normalized spacial score (nSPS) is 10.5. The second-order valence-corrected chi connectivity index (χ2v) is 3.04. The SMILES string of the molecule is NCCn1c(CN)c(Cl)c(=O)[nH]c1=O. The Hall–Kier alpha value is -1.11. The molecular formula is C7H11ClN4O2. The molecule has 0 bridgehead atoms. The van der Waals surface area contributed by atoms with Crippen LogP contribution in [-0.4, -0.2) is 16.1 Å². The van der Waals surface area contributed by atoms with Gasteiger partial charge in [-0.25, -0.2) is 4.79 Å². The van der Waals surface area contributed by atoms with Crippen molar-refractivity contribution in [3.05, 3.63) is 31.6 Å². The average molecular weight is 219 g/mol. The van der Waals surface area contributed by atoms with E-state index >= 15 is 0 Å². The van der Waals surface area contributed by atoms with Crippen LogP contribution < -0.4 is 22.7 Å². The van der Waals surface area contributed by atoms with E-state index in [-0.39, 0.29) is 24.7 Å². The number of H-pyrrole nitrogens is 1. The van der Waals surface area contributed by atoms with Crippen LogP contribution in [0.5, 0.6) is 0 Å². The van der Waals surface area contributed by atoms with Crippen molar-refractivity contribution in [2.24, 2.45) is 11.5 Å². The molecule has 1 rings (SSSR count). The molecule has 14 heavy (non-hydrogen) atoms. The van der Waals surface area contributed by atoms with E-state index in [4.69, 9.17) is 23.1 Å². The molecule has 0 spiro atoms. The number of aromatic nitrogens is 2. The van der Waals surface area contributed by atoms with Gasteiger partial charge in [0.1, 0.15) is 5.02 Å². The Morgan fingerprint density at radius 1 is 1.36 bits per heavy atom. The Morgan fingerprint density at radius 2 is 2.00 bits per heavy atom. The fourth-order valence-electron chi connectivity index (χ4n) is 1.16. The van der Waals surface area contributed by atoms with Gasteiger partial charge in [0.15, 0.2) is 0 Å². The summed E-state index contributed by atoms with van der Waals surface area (Å²) in [7, 11) is 0. The van der Waals surface area contributed by atoms with Crippen LogP contribution >= 0.6 is 11.6 Å². The fraction of sp³-hybridized carbons (Fsp3) is 0.429. The van der Waals surface area contributed by atoms with Crippen LogP contribution in [0.25, 0.3) is 0 Å². The zero-order chi connectivity index (χ0) is 10.7. The number of nitrogens with one attached hydrogen (secondary N) is 1.